The molecule has 7 heteroatoms. The summed E-state index contributed by atoms with van der Waals surface area (Å²) in [5.41, 5.74) is 0. The molecule has 0 atom stereocenters. The van der Waals surface area contributed by atoms with Gasteiger partial charge < -0.3 is 0 Å². The second-order valence-corrected chi connectivity index (χ2v) is 1.63. The fourth-order valence-corrected chi connectivity index (χ4v) is 0.319. The summed E-state index contributed by atoms with van der Waals surface area (Å²) in [6.07, 6.45) is -11.3. The topological polar surface area (TPSA) is 17.1 Å². The van der Waals surface area contributed by atoms with Crippen molar-refractivity contribution in [2.24, 2.45) is 5.92 Å². The van der Waals surface area contributed by atoms with Crippen LogP contribution in [0.4, 0.5) is 26.3 Å². The van der Waals surface area contributed by atoms with Crippen LogP contribution in [0, 0.1) is 5.92 Å². The quantitative estimate of drug-likeness (QED) is 0.561. The molecule has 0 amide bonds. The van der Waals surface area contributed by atoms with Gasteiger partial charge >= 0.3 is 12.4 Å². The van der Waals surface area contributed by atoms with Crippen LogP contribution < -0.4 is 0 Å². The Bertz CT molecular complexity index is 130. The molecule has 0 N–H and O–H groups in total. The molecule has 0 bridgehead atoms. The summed E-state index contributed by atoms with van der Waals surface area (Å²) in [6.45, 7) is 0. The van der Waals surface area contributed by atoms with E-state index in [9.17, 15) is 31.1 Å². The Hall–Kier alpha value is -0.750. The van der Waals surface area contributed by atoms with E-state index < -0.39 is 18.3 Å². The van der Waals surface area contributed by atoms with Crippen LogP contribution in [0.15, 0.2) is 0 Å². The summed E-state index contributed by atoms with van der Waals surface area (Å²) in [7, 11) is 0. The van der Waals surface area contributed by atoms with Crippen molar-refractivity contribution in [3.63, 3.8) is 0 Å². The molecule has 0 fully saturated rings. The summed E-state index contributed by atoms with van der Waals surface area (Å²) in [4.78, 5) is 9.23. The lowest BCUT2D eigenvalue weighted by Crippen LogP contribution is -2.37. The minimum atomic E-state index is -5.60. The van der Waals surface area contributed by atoms with Gasteiger partial charge in [0.2, 0.25) is 12.2 Å². The van der Waals surface area contributed by atoms with Gasteiger partial charge in [0, 0.05) is 0 Å². The van der Waals surface area contributed by atoms with Crippen LogP contribution in [-0.4, -0.2) is 18.6 Å². The van der Waals surface area contributed by atoms with E-state index in [4.69, 9.17) is 0 Å². The number of rotatable bonds is 1. The Balaban J connectivity index is 4.56. The van der Waals surface area contributed by atoms with Crippen molar-refractivity contribution in [2.75, 3.05) is 0 Å². The van der Waals surface area contributed by atoms with Crippen LogP contribution in [-0.2, 0) is 4.79 Å². The SMILES string of the molecule is O=[C]C(C(F)(F)F)C(F)(F)F. The standard InChI is InChI=1S/C4HF6O/c5-3(6,7)2(1-11)4(8,9)10/h2H. The number of alkyl halides is 6. The summed E-state index contributed by atoms with van der Waals surface area (Å²) < 4.78 is 67.4. The van der Waals surface area contributed by atoms with E-state index in [1.54, 1.807) is 0 Å². The van der Waals surface area contributed by atoms with Crippen LogP contribution >= 0.6 is 0 Å². The molecule has 0 aliphatic rings. The molecule has 0 aromatic rings. The van der Waals surface area contributed by atoms with E-state index >= 15 is 0 Å². The minimum Gasteiger partial charge on any atom is -0.290 e. The second kappa shape index (κ2) is 2.71. The average Bonchev–Trinajstić information content (AvgIpc) is 1.56. The van der Waals surface area contributed by atoms with Gasteiger partial charge in [-0.05, 0) is 0 Å². The largest absolute Gasteiger partial charge is 0.407 e. The van der Waals surface area contributed by atoms with Gasteiger partial charge in [0.05, 0.1) is 0 Å². The van der Waals surface area contributed by atoms with Crippen LogP contribution in [0.1, 0.15) is 0 Å². The number of halogens is 6. The average molecular weight is 179 g/mol. The molecular weight excluding hydrogens is 178 g/mol. The molecule has 0 saturated heterocycles. The Labute approximate surface area is 57.0 Å². The van der Waals surface area contributed by atoms with Crippen LogP contribution in [0.2, 0.25) is 0 Å². The maximum atomic E-state index is 11.2. The van der Waals surface area contributed by atoms with E-state index in [0.29, 0.717) is 0 Å². The van der Waals surface area contributed by atoms with Gasteiger partial charge in [0.25, 0.3) is 0 Å². The molecule has 11 heavy (non-hydrogen) atoms. The molecule has 0 spiro atoms. The number of hydrogen-bond donors (Lipinski definition) is 0. The smallest absolute Gasteiger partial charge is 0.290 e. The lowest BCUT2D eigenvalue weighted by atomic mass is 10.1. The van der Waals surface area contributed by atoms with Gasteiger partial charge in [0.1, 0.15) is 0 Å². The maximum Gasteiger partial charge on any atom is 0.407 e. The highest BCUT2D eigenvalue weighted by atomic mass is 19.4. The van der Waals surface area contributed by atoms with E-state index in [1.165, 1.54) is 0 Å². The zero-order valence-electron chi connectivity index (χ0n) is 4.75. The molecule has 1 nitrogen and oxygen atoms in total. The third-order valence-electron chi connectivity index (χ3n) is 0.773. The van der Waals surface area contributed by atoms with Gasteiger partial charge in [-0.3, -0.25) is 4.79 Å². The van der Waals surface area contributed by atoms with Crippen molar-refractivity contribution in [3.05, 3.63) is 0 Å². The van der Waals surface area contributed by atoms with Gasteiger partial charge in [-0.15, -0.1) is 0 Å². The third-order valence-corrected chi connectivity index (χ3v) is 0.773. The first-order valence-electron chi connectivity index (χ1n) is 2.20. The van der Waals surface area contributed by atoms with Crippen molar-refractivity contribution in [2.45, 2.75) is 12.4 Å². The van der Waals surface area contributed by atoms with Gasteiger partial charge in [0.15, 0.2) is 0 Å². The highest BCUT2D eigenvalue weighted by molar-refractivity contribution is 5.56. The first-order chi connectivity index (χ1) is 4.69. The molecule has 65 valence electrons. The molecule has 0 rings (SSSR count). The Kier molecular flexibility index (Phi) is 2.52. The molecule has 0 saturated carbocycles. The molecule has 1 radical (unpaired) electrons. The molecule has 0 heterocycles. The van der Waals surface area contributed by atoms with Crippen molar-refractivity contribution in [1.82, 2.24) is 0 Å². The zero-order valence-corrected chi connectivity index (χ0v) is 4.75. The van der Waals surface area contributed by atoms with E-state index in [2.05, 4.69) is 0 Å². The molecule has 0 unspecified atom stereocenters. The van der Waals surface area contributed by atoms with Gasteiger partial charge in [-0.25, -0.2) is 0 Å². The summed E-state index contributed by atoms with van der Waals surface area (Å²) in [6, 6.07) is 0. The Morgan fingerprint density at radius 3 is 1.18 bits per heavy atom. The van der Waals surface area contributed by atoms with Crippen molar-refractivity contribution >= 4 is 6.29 Å². The number of hydrogen-bond acceptors (Lipinski definition) is 1. The fourth-order valence-electron chi connectivity index (χ4n) is 0.319. The van der Waals surface area contributed by atoms with Gasteiger partial charge in [-0.2, -0.15) is 26.3 Å². The Morgan fingerprint density at radius 2 is 1.18 bits per heavy atom. The van der Waals surface area contributed by atoms with Crippen molar-refractivity contribution in [3.8, 4) is 0 Å². The van der Waals surface area contributed by atoms with Crippen molar-refractivity contribution < 1.29 is 31.1 Å². The number of carbonyl (C=O) groups excluding carboxylic acids is 1. The predicted octanol–water partition coefficient (Wildman–Crippen LogP) is 1.84. The van der Waals surface area contributed by atoms with Crippen molar-refractivity contribution in [1.29, 1.82) is 0 Å². The molecule has 0 aromatic carbocycles. The van der Waals surface area contributed by atoms with Crippen LogP contribution in [0.5, 0.6) is 0 Å². The zero-order chi connectivity index (χ0) is 9.28. The molecular formula is C4HF6O. The molecule has 0 aliphatic carbocycles. The van der Waals surface area contributed by atoms with Crippen LogP contribution in [0.3, 0.4) is 0 Å². The first kappa shape index (κ1) is 10.2. The lowest BCUT2D eigenvalue weighted by molar-refractivity contribution is -0.260. The monoisotopic (exact) mass is 179 g/mol. The first-order valence-corrected chi connectivity index (χ1v) is 2.20. The highest BCUT2D eigenvalue weighted by Gasteiger charge is 2.57. The van der Waals surface area contributed by atoms with E-state index in [-0.39, 0.29) is 6.29 Å². The maximum absolute atomic E-state index is 11.2. The van der Waals surface area contributed by atoms with Crippen LogP contribution in [0.25, 0.3) is 0 Å². The van der Waals surface area contributed by atoms with Gasteiger partial charge in [-0.1, -0.05) is 0 Å². The lowest BCUT2D eigenvalue weighted by Gasteiger charge is -2.15. The summed E-state index contributed by atoms with van der Waals surface area (Å²) >= 11 is 0. The highest BCUT2D eigenvalue weighted by Crippen LogP contribution is 2.37. The molecule has 0 aromatic heterocycles. The second-order valence-electron chi connectivity index (χ2n) is 1.63. The minimum absolute atomic E-state index is 0.118. The summed E-state index contributed by atoms with van der Waals surface area (Å²) in [5.74, 6) is -3.99. The Morgan fingerprint density at radius 1 is 0.909 bits per heavy atom. The van der Waals surface area contributed by atoms with E-state index in [1.807, 2.05) is 0 Å². The third kappa shape index (κ3) is 2.77. The van der Waals surface area contributed by atoms with E-state index in [0.717, 1.165) is 0 Å². The fraction of sp³-hybridized carbons (Fsp3) is 0.750. The normalized spacial score (nSPS) is 13.7. The predicted molar refractivity (Wildman–Crippen MR) is 21.3 cm³/mol. The summed E-state index contributed by atoms with van der Waals surface area (Å²) in [5, 5.41) is 0. The molecule has 0 aliphatic heterocycles.